The van der Waals surface area contributed by atoms with Crippen LogP contribution in [0.4, 0.5) is 0 Å². The van der Waals surface area contributed by atoms with Crippen LogP contribution in [0.15, 0.2) is 24.3 Å². The van der Waals surface area contributed by atoms with Crippen LogP contribution in [0.2, 0.25) is 0 Å². The summed E-state index contributed by atoms with van der Waals surface area (Å²) in [7, 11) is 1.78. The molecule has 4 heteroatoms. The summed E-state index contributed by atoms with van der Waals surface area (Å²) in [5, 5.41) is 8.59. The molecule has 1 amide bonds. The van der Waals surface area contributed by atoms with Crippen molar-refractivity contribution in [2.45, 2.75) is 38.6 Å². The van der Waals surface area contributed by atoms with Crippen molar-refractivity contribution in [2.75, 3.05) is 26.7 Å². The van der Waals surface area contributed by atoms with Crippen LogP contribution in [-0.4, -0.2) is 42.4 Å². The molecule has 0 aromatic heterocycles. The summed E-state index contributed by atoms with van der Waals surface area (Å²) in [6.07, 6.45) is 3.05. The van der Waals surface area contributed by atoms with E-state index in [9.17, 15) is 4.79 Å². The molecule has 4 nitrogen and oxygen atoms in total. The summed E-state index contributed by atoms with van der Waals surface area (Å²) in [6.45, 7) is 4.54. The number of hydrogen-bond acceptors (Lipinski definition) is 3. The number of nitrogens with zero attached hydrogens (tertiary/aromatic N) is 3. The van der Waals surface area contributed by atoms with Crippen LogP contribution < -0.4 is 0 Å². The molecule has 1 aliphatic heterocycles. The molecule has 1 unspecified atom stereocenters. The molecule has 2 rings (SSSR count). The fraction of sp³-hybridized carbons (Fsp3) is 0.556. The van der Waals surface area contributed by atoms with Gasteiger partial charge < -0.3 is 4.90 Å². The highest BCUT2D eigenvalue weighted by Gasteiger charge is 2.26. The average Bonchev–Trinajstić information content (AvgIpc) is 2.56. The summed E-state index contributed by atoms with van der Waals surface area (Å²) in [5.74, 6) is 0.129. The second kappa shape index (κ2) is 7.95. The Balaban J connectivity index is 1.93. The van der Waals surface area contributed by atoms with Crippen molar-refractivity contribution in [1.82, 2.24) is 9.80 Å². The Kier molecular flexibility index (Phi) is 5.97. The molecule has 1 heterocycles. The lowest BCUT2D eigenvalue weighted by molar-refractivity contribution is -0.130. The van der Waals surface area contributed by atoms with Gasteiger partial charge in [-0.05, 0) is 24.0 Å². The Hall–Kier alpha value is -1.86. The quantitative estimate of drug-likeness (QED) is 0.811. The molecule has 0 fully saturated rings. The van der Waals surface area contributed by atoms with E-state index in [0.717, 1.165) is 25.9 Å². The van der Waals surface area contributed by atoms with Crippen molar-refractivity contribution in [3.63, 3.8) is 0 Å². The second-order valence-corrected chi connectivity index (χ2v) is 5.88. The number of rotatable bonds is 6. The Labute approximate surface area is 133 Å². The number of amides is 1. The minimum Gasteiger partial charge on any atom is -0.345 e. The zero-order chi connectivity index (χ0) is 15.9. The lowest BCUT2D eigenvalue weighted by Crippen LogP contribution is -2.38. The van der Waals surface area contributed by atoms with E-state index in [0.29, 0.717) is 25.4 Å². The zero-order valence-electron chi connectivity index (χ0n) is 13.6. The van der Waals surface area contributed by atoms with Crippen LogP contribution in [0.25, 0.3) is 0 Å². The van der Waals surface area contributed by atoms with Crippen LogP contribution in [0.3, 0.4) is 0 Å². The zero-order valence-corrected chi connectivity index (χ0v) is 13.6. The lowest BCUT2D eigenvalue weighted by Gasteiger charge is -2.37. The molecule has 1 aromatic rings. The van der Waals surface area contributed by atoms with E-state index in [1.165, 1.54) is 11.1 Å². The van der Waals surface area contributed by atoms with Gasteiger partial charge in [0.2, 0.25) is 5.91 Å². The van der Waals surface area contributed by atoms with Gasteiger partial charge in [0.15, 0.2) is 0 Å². The molecule has 0 spiro atoms. The predicted octanol–water partition coefficient (Wildman–Crippen LogP) is 2.76. The smallest absolute Gasteiger partial charge is 0.223 e. The van der Waals surface area contributed by atoms with E-state index >= 15 is 0 Å². The van der Waals surface area contributed by atoms with Gasteiger partial charge in [-0.25, -0.2) is 0 Å². The van der Waals surface area contributed by atoms with Gasteiger partial charge in [0.1, 0.15) is 0 Å². The number of carbonyl (C=O) groups is 1. The maximum absolute atomic E-state index is 12.1. The molecule has 1 atom stereocenters. The Morgan fingerprint density at radius 1 is 1.45 bits per heavy atom. The highest BCUT2D eigenvalue weighted by atomic mass is 16.2. The minimum atomic E-state index is 0.129. The van der Waals surface area contributed by atoms with Gasteiger partial charge in [0, 0.05) is 39.1 Å². The van der Waals surface area contributed by atoms with Crippen molar-refractivity contribution in [3.8, 4) is 6.07 Å². The van der Waals surface area contributed by atoms with Gasteiger partial charge in [-0.2, -0.15) is 5.26 Å². The fourth-order valence-corrected chi connectivity index (χ4v) is 3.22. The highest BCUT2D eigenvalue weighted by Crippen LogP contribution is 2.31. The first-order valence-corrected chi connectivity index (χ1v) is 8.10. The van der Waals surface area contributed by atoms with Gasteiger partial charge in [-0.1, -0.05) is 31.2 Å². The fourth-order valence-electron chi connectivity index (χ4n) is 3.22. The number of benzene rings is 1. The van der Waals surface area contributed by atoms with Crippen molar-refractivity contribution in [2.24, 2.45) is 0 Å². The molecule has 0 bridgehead atoms. The lowest BCUT2D eigenvalue weighted by atomic mass is 9.91. The van der Waals surface area contributed by atoms with E-state index in [1.54, 1.807) is 11.9 Å². The molecule has 0 aliphatic carbocycles. The molecular weight excluding hydrogens is 274 g/mol. The third-order valence-electron chi connectivity index (χ3n) is 4.51. The molecule has 22 heavy (non-hydrogen) atoms. The summed E-state index contributed by atoms with van der Waals surface area (Å²) in [5.41, 5.74) is 2.87. The van der Waals surface area contributed by atoms with Gasteiger partial charge in [0.25, 0.3) is 0 Å². The SMILES string of the molecule is CCC1c2ccccc2CCN1CCC(=O)N(C)CCC#N. The molecule has 0 saturated carbocycles. The molecule has 1 aromatic carbocycles. The van der Waals surface area contributed by atoms with E-state index in [1.807, 2.05) is 0 Å². The summed E-state index contributed by atoms with van der Waals surface area (Å²) in [4.78, 5) is 16.2. The number of fused-ring (bicyclic) bond motifs is 1. The van der Waals surface area contributed by atoms with Crippen molar-refractivity contribution in [3.05, 3.63) is 35.4 Å². The normalized spacial score (nSPS) is 17.6. The Bertz CT molecular complexity index is 550. The van der Waals surface area contributed by atoms with E-state index in [-0.39, 0.29) is 5.91 Å². The van der Waals surface area contributed by atoms with Gasteiger partial charge >= 0.3 is 0 Å². The van der Waals surface area contributed by atoms with Gasteiger partial charge in [0.05, 0.1) is 12.5 Å². The van der Waals surface area contributed by atoms with Crippen molar-refractivity contribution < 1.29 is 4.79 Å². The number of nitriles is 1. The summed E-state index contributed by atoms with van der Waals surface area (Å²) in [6, 6.07) is 11.1. The van der Waals surface area contributed by atoms with E-state index in [2.05, 4.69) is 42.2 Å². The highest BCUT2D eigenvalue weighted by molar-refractivity contribution is 5.76. The van der Waals surface area contributed by atoms with E-state index in [4.69, 9.17) is 5.26 Å². The molecule has 0 saturated heterocycles. The number of hydrogen-bond donors (Lipinski definition) is 0. The monoisotopic (exact) mass is 299 g/mol. The third-order valence-corrected chi connectivity index (χ3v) is 4.51. The van der Waals surface area contributed by atoms with Crippen LogP contribution in [0.5, 0.6) is 0 Å². The Morgan fingerprint density at radius 2 is 2.23 bits per heavy atom. The standard InChI is InChI=1S/C18H25N3O/c1-3-17-16-8-5-4-7-15(16)9-13-21(17)14-10-18(22)20(2)12-6-11-19/h4-5,7-8,17H,3,6,9-10,12-14H2,1-2H3. The molecule has 118 valence electrons. The van der Waals surface area contributed by atoms with Crippen molar-refractivity contribution >= 4 is 5.91 Å². The molecular formula is C18H25N3O. The maximum Gasteiger partial charge on any atom is 0.223 e. The minimum absolute atomic E-state index is 0.129. The third kappa shape index (κ3) is 3.86. The molecule has 0 radical (unpaired) electrons. The van der Waals surface area contributed by atoms with Crippen LogP contribution >= 0.6 is 0 Å². The van der Waals surface area contributed by atoms with Crippen molar-refractivity contribution in [1.29, 1.82) is 5.26 Å². The van der Waals surface area contributed by atoms with Crippen LogP contribution in [0, 0.1) is 11.3 Å². The molecule has 0 N–H and O–H groups in total. The Morgan fingerprint density at radius 3 is 2.95 bits per heavy atom. The average molecular weight is 299 g/mol. The largest absolute Gasteiger partial charge is 0.345 e. The predicted molar refractivity (Wildman–Crippen MR) is 87.2 cm³/mol. The van der Waals surface area contributed by atoms with Crippen LogP contribution in [0.1, 0.15) is 43.4 Å². The van der Waals surface area contributed by atoms with E-state index < -0.39 is 0 Å². The molecule has 1 aliphatic rings. The maximum atomic E-state index is 12.1. The first kappa shape index (κ1) is 16.5. The topological polar surface area (TPSA) is 47.3 Å². The summed E-state index contributed by atoms with van der Waals surface area (Å²) < 4.78 is 0. The van der Waals surface area contributed by atoms with Gasteiger partial charge in [-0.15, -0.1) is 0 Å². The first-order valence-electron chi connectivity index (χ1n) is 8.10. The first-order chi connectivity index (χ1) is 10.7. The summed E-state index contributed by atoms with van der Waals surface area (Å²) >= 11 is 0. The van der Waals surface area contributed by atoms with Crippen LogP contribution in [-0.2, 0) is 11.2 Å². The number of carbonyl (C=O) groups excluding carboxylic acids is 1. The second-order valence-electron chi connectivity index (χ2n) is 5.88. The van der Waals surface area contributed by atoms with Gasteiger partial charge in [-0.3, -0.25) is 9.69 Å².